The normalized spacial score (nSPS) is 18.6. The van der Waals surface area contributed by atoms with Crippen molar-refractivity contribution in [3.05, 3.63) is 27.6 Å². The third-order valence-corrected chi connectivity index (χ3v) is 3.47. The average molecular weight is 303 g/mol. The minimum Gasteiger partial charge on any atom is -0.481 e. The molecular formula is C10H10INO2. The molecule has 1 aromatic heterocycles. The van der Waals surface area contributed by atoms with Crippen molar-refractivity contribution in [3.63, 3.8) is 0 Å². The van der Waals surface area contributed by atoms with Crippen LogP contribution in [0.2, 0.25) is 0 Å². The molecule has 4 heteroatoms. The summed E-state index contributed by atoms with van der Waals surface area (Å²) < 4.78 is 1.03. The van der Waals surface area contributed by atoms with Crippen molar-refractivity contribution < 1.29 is 9.90 Å². The molecule has 0 saturated heterocycles. The summed E-state index contributed by atoms with van der Waals surface area (Å²) in [5.41, 5.74) is 0.0151. The van der Waals surface area contributed by atoms with Crippen molar-refractivity contribution in [2.24, 2.45) is 0 Å². The first-order chi connectivity index (χ1) is 6.65. The van der Waals surface area contributed by atoms with Crippen LogP contribution in [0.1, 0.15) is 25.0 Å². The van der Waals surface area contributed by atoms with Gasteiger partial charge in [-0.05, 0) is 47.6 Å². The molecule has 0 aromatic carbocycles. The molecule has 0 amide bonds. The quantitative estimate of drug-likeness (QED) is 0.852. The van der Waals surface area contributed by atoms with Crippen LogP contribution in [0.3, 0.4) is 0 Å². The molecule has 0 unspecified atom stereocenters. The Balaban J connectivity index is 2.37. The van der Waals surface area contributed by atoms with E-state index in [1.165, 1.54) is 0 Å². The largest absolute Gasteiger partial charge is 0.481 e. The van der Waals surface area contributed by atoms with Crippen molar-refractivity contribution in [3.8, 4) is 0 Å². The van der Waals surface area contributed by atoms with E-state index in [4.69, 9.17) is 5.11 Å². The van der Waals surface area contributed by atoms with Gasteiger partial charge in [0.1, 0.15) is 5.41 Å². The second kappa shape index (κ2) is 3.49. The number of hydrogen-bond donors (Lipinski definition) is 1. The summed E-state index contributed by atoms with van der Waals surface area (Å²) in [6.45, 7) is 0. The van der Waals surface area contributed by atoms with Crippen LogP contribution in [-0.4, -0.2) is 16.1 Å². The van der Waals surface area contributed by atoms with Crippen LogP contribution in [-0.2, 0) is 10.2 Å². The summed E-state index contributed by atoms with van der Waals surface area (Å²) in [5, 5.41) is 9.16. The molecule has 0 aliphatic heterocycles. The second-order valence-corrected chi connectivity index (χ2v) is 4.85. The number of carbonyl (C=O) groups is 1. The van der Waals surface area contributed by atoms with Crippen LogP contribution in [0, 0.1) is 3.57 Å². The molecule has 1 aromatic rings. The molecular weight excluding hydrogens is 293 g/mol. The van der Waals surface area contributed by atoms with Gasteiger partial charge in [-0.2, -0.15) is 0 Å². The molecule has 14 heavy (non-hydrogen) atoms. The fourth-order valence-corrected chi connectivity index (χ4v) is 2.09. The van der Waals surface area contributed by atoms with Crippen LogP contribution < -0.4 is 0 Å². The first kappa shape index (κ1) is 9.89. The van der Waals surface area contributed by atoms with Crippen molar-refractivity contribution in [1.82, 2.24) is 4.98 Å². The zero-order valence-electron chi connectivity index (χ0n) is 7.53. The predicted octanol–water partition coefficient (Wildman–Crippen LogP) is 2.19. The van der Waals surface area contributed by atoms with E-state index in [1.54, 1.807) is 6.20 Å². The molecule has 74 valence electrons. The third-order valence-electron chi connectivity index (χ3n) is 2.83. The number of carboxylic acid groups (broad SMARTS) is 1. The Labute approximate surface area is 95.7 Å². The SMILES string of the molecule is O=C(O)C1(c2ccc(I)cn2)CCC1. The lowest BCUT2D eigenvalue weighted by atomic mass is 9.66. The highest BCUT2D eigenvalue weighted by atomic mass is 127. The number of rotatable bonds is 2. The zero-order valence-corrected chi connectivity index (χ0v) is 9.69. The van der Waals surface area contributed by atoms with Crippen LogP contribution in [0.4, 0.5) is 0 Å². The summed E-state index contributed by atoms with van der Waals surface area (Å²) in [6, 6.07) is 3.74. The number of aliphatic carboxylic acids is 1. The van der Waals surface area contributed by atoms with E-state index in [0.29, 0.717) is 5.69 Å². The Kier molecular flexibility index (Phi) is 2.47. The number of hydrogen-bond acceptors (Lipinski definition) is 2. The fraction of sp³-hybridized carbons (Fsp3) is 0.400. The van der Waals surface area contributed by atoms with Gasteiger partial charge in [0, 0.05) is 9.77 Å². The fourth-order valence-electron chi connectivity index (χ4n) is 1.77. The van der Waals surface area contributed by atoms with Gasteiger partial charge in [0.2, 0.25) is 0 Å². The Hall–Kier alpha value is -0.650. The van der Waals surface area contributed by atoms with E-state index in [1.807, 2.05) is 12.1 Å². The van der Waals surface area contributed by atoms with Crippen molar-refractivity contribution in [1.29, 1.82) is 0 Å². The standard InChI is InChI=1S/C10H10INO2/c11-7-2-3-8(12-6-7)10(9(13)14)4-1-5-10/h2-3,6H,1,4-5H2,(H,13,14). The number of aromatic nitrogens is 1. The third kappa shape index (κ3) is 1.41. The highest BCUT2D eigenvalue weighted by Crippen LogP contribution is 2.42. The molecule has 0 spiro atoms. The van der Waals surface area contributed by atoms with Crippen molar-refractivity contribution in [2.75, 3.05) is 0 Å². The second-order valence-electron chi connectivity index (χ2n) is 3.60. The highest BCUT2D eigenvalue weighted by molar-refractivity contribution is 14.1. The smallest absolute Gasteiger partial charge is 0.315 e. The maximum Gasteiger partial charge on any atom is 0.315 e. The molecule has 1 aliphatic rings. The van der Waals surface area contributed by atoms with Gasteiger partial charge in [0.05, 0.1) is 5.69 Å². The van der Waals surface area contributed by atoms with Crippen LogP contribution in [0.25, 0.3) is 0 Å². The van der Waals surface area contributed by atoms with E-state index >= 15 is 0 Å². The molecule has 2 rings (SSSR count). The number of carboxylic acids is 1. The Morgan fingerprint density at radius 2 is 2.21 bits per heavy atom. The van der Waals surface area contributed by atoms with E-state index < -0.39 is 11.4 Å². The highest BCUT2D eigenvalue weighted by Gasteiger charge is 2.47. The van der Waals surface area contributed by atoms with E-state index in [-0.39, 0.29) is 0 Å². The molecule has 1 saturated carbocycles. The number of nitrogens with zero attached hydrogens (tertiary/aromatic N) is 1. The Bertz CT molecular complexity index is 357. The summed E-state index contributed by atoms with van der Waals surface area (Å²) in [4.78, 5) is 15.4. The maximum atomic E-state index is 11.1. The predicted molar refractivity (Wildman–Crippen MR) is 60.1 cm³/mol. The summed E-state index contributed by atoms with van der Waals surface area (Å²) >= 11 is 2.16. The lowest BCUT2D eigenvalue weighted by molar-refractivity contribution is -0.147. The van der Waals surface area contributed by atoms with Gasteiger partial charge in [0.15, 0.2) is 0 Å². The van der Waals surface area contributed by atoms with Crippen molar-refractivity contribution in [2.45, 2.75) is 24.7 Å². The average Bonchev–Trinajstić information content (AvgIpc) is 2.05. The molecule has 0 bridgehead atoms. The monoisotopic (exact) mass is 303 g/mol. The minimum atomic E-state index is -0.738. The lowest BCUT2D eigenvalue weighted by Crippen LogP contribution is -2.43. The van der Waals surface area contributed by atoms with Gasteiger partial charge in [-0.15, -0.1) is 0 Å². The molecule has 0 atom stereocenters. The first-order valence-electron chi connectivity index (χ1n) is 4.50. The van der Waals surface area contributed by atoms with Crippen LogP contribution in [0.15, 0.2) is 18.3 Å². The molecule has 0 radical (unpaired) electrons. The van der Waals surface area contributed by atoms with Gasteiger partial charge < -0.3 is 5.11 Å². The minimum absolute atomic E-state index is 0.690. The zero-order chi connectivity index (χ0) is 10.2. The maximum absolute atomic E-state index is 11.1. The molecule has 1 heterocycles. The van der Waals surface area contributed by atoms with Gasteiger partial charge in [0.25, 0.3) is 0 Å². The summed E-state index contributed by atoms with van der Waals surface area (Å²) in [7, 11) is 0. The van der Waals surface area contributed by atoms with E-state index in [2.05, 4.69) is 27.6 Å². The van der Waals surface area contributed by atoms with E-state index in [0.717, 1.165) is 22.8 Å². The van der Waals surface area contributed by atoms with Crippen LogP contribution >= 0.6 is 22.6 Å². The molecule has 1 N–H and O–H groups in total. The van der Waals surface area contributed by atoms with Gasteiger partial charge in [-0.3, -0.25) is 9.78 Å². The number of halogens is 1. The molecule has 1 fully saturated rings. The van der Waals surface area contributed by atoms with Gasteiger partial charge in [-0.25, -0.2) is 0 Å². The number of pyridine rings is 1. The van der Waals surface area contributed by atoms with Crippen molar-refractivity contribution >= 4 is 28.6 Å². The van der Waals surface area contributed by atoms with Crippen LogP contribution in [0.5, 0.6) is 0 Å². The topological polar surface area (TPSA) is 50.2 Å². The molecule has 1 aliphatic carbocycles. The Morgan fingerprint density at radius 3 is 2.57 bits per heavy atom. The van der Waals surface area contributed by atoms with Gasteiger partial charge >= 0.3 is 5.97 Å². The Morgan fingerprint density at radius 1 is 1.50 bits per heavy atom. The molecule has 3 nitrogen and oxygen atoms in total. The lowest BCUT2D eigenvalue weighted by Gasteiger charge is -2.36. The first-order valence-corrected chi connectivity index (χ1v) is 5.58. The summed E-state index contributed by atoms with van der Waals surface area (Å²) in [6.07, 6.45) is 4.14. The summed E-state index contributed by atoms with van der Waals surface area (Å²) in [5.74, 6) is -0.738. The van der Waals surface area contributed by atoms with Gasteiger partial charge in [-0.1, -0.05) is 6.42 Å². The van der Waals surface area contributed by atoms with E-state index in [9.17, 15) is 4.79 Å².